The number of hydrogen-bond acceptors (Lipinski definition) is 2. The molecule has 0 amide bonds. The average Bonchev–Trinajstić information content (AvgIpc) is 2.46. The Bertz CT molecular complexity index is 289. The molecule has 4 nitrogen and oxygen atoms in total. The van der Waals surface area contributed by atoms with Gasteiger partial charge in [-0.3, -0.25) is 4.99 Å². The normalized spacial score (nSPS) is 20.8. The minimum atomic E-state index is 0.738. The first-order chi connectivity index (χ1) is 10.1. The Kier molecular flexibility index (Phi) is 9.48. The molecule has 0 saturated carbocycles. The fourth-order valence-electron chi connectivity index (χ4n) is 2.84. The van der Waals surface area contributed by atoms with Gasteiger partial charge in [-0.1, -0.05) is 20.3 Å². The maximum atomic E-state index is 4.27. The van der Waals surface area contributed by atoms with Gasteiger partial charge in [-0.2, -0.15) is 0 Å². The zero-order chi connectivity index (χ0) is 15.5. The summed E-state index contributed by atoms with van der Waals surface area (Å²) >= 11 is 0. The van der Waals surface area contributed by atoms with Crippen LogP contribution in [0.2, 0.25) is 0 Å². The van der Waals surface area contributed by atoms with Crippen molar-refractivity contribution in [1.82, 2.24) is 15.5 Å². The van der Waals surface area contributed by atoms with Crippen molar-refractivity contribution in [2.24, 2.45) is 10.9 Å². The summed E-state index contributed by atoms with van der Waals surface area (Å²) in [6.45, 7) is 11.4. The Balaban J connectivity index is 2.04. The lowest BCUT2D eigenvalue weighted by molar-refractivity contribution is 0.158. The molecular formula is C17H36N4. The van der Waals surface area contributed by atoms with Gasteiger partial charge in [-0.25, -0.2) is 0 Å². The van der Waals surface area contributed by atoms with Crippen LogP contribution in [0.5, 0.6) is 0 Å². The van der Waals surface area contributed by atoms with Crippen molar-refractivity contribution in [3.8, 4) is 0 Å². The Morgan fingerprint density at radius 2 is 1.95 bits per heavy atom. The standard InChI is InChI=1S/C17H36N4/c1-15(2)10-12-20-17(18-4)19-11-6-8-14-21-13-7-5-9-16(21)3/h15-16H,5-14H2,1-4H3,(H2,18,19,20). The molecule has 4 heteroatoms. The first-order valence-corrected chi connectivity index (χ1v) is 8.82. The Labute approximate surface area is 131 Å². The summed E-state index contributed by atoms with van der Waals surface area (Å²) < 4.78 is 0. The number of aliphatic imine (C=N–C) groups is 1. The molecule has 1 saturated heterocycles. The zero-order valence-corrected chi connectivity index (χ0v) is 14.6. The Morgan fingerprint density at radius 3 is 2.62 bits per heavy atom. The van der Waals surface area contributed by atoms with E-state index in [1.54, 1.807) is 0 Å². The average molecular weight is 297 g/mol. The second-order valence-corrected chi connectivity index (χ2v) is 6.70. The summed E-state index contributed by atoms with van der Waals surface area (Å²) in [4.78, 5) is 6.92. The van der Waals surface area contributed by atoms with E-state index in [1.165, 1.54) is 51.6 Å². The van der Waals surface area contributed by atoms with Gasteiger partial charge in [-0.15, -0.1) is 0 Å². The quantitative estimate of drug-likeness (QED) is 0.411. The van der Waals surface area contributed by atoms with Gasteiger partial charge >= 0.3 is 0 Å². The molecule has 1 unspecified atom stereocenters. The van der Waals surface area contributed by atoms with Crippen molar-refractivity contribution < 1.29 is 0 Å². The first kappa shape index (κ1) is 18.3. The summed E-state index contributed by atoms with van der Waals surface area (Å²) in [5.41, 5.74) is 0. The van der Waals surface area contributed by atoms with Crippen molar-refractivity contribution in [3.63, 3.8) is 0 Å². The molecule has 1 aliphatic heterocycles. The number of guanidine groups is 1. The summed E-state index contributed by atoms with van der Waals surface area (Å²) in [7, 11) is 1.85. The molecule has 1 atom stereocenters. The largest absolute Gasteiger partial charge is 0.356 e. The van der Waals surface area contributed by atoms with Crippen molar-refractivity contribution in [2.75, 3.05) is 33.2 Å². The molecule has 0 aromatic carbocycles. The van der Waals surface area contributed by atoms with E-state index in [4.69, 9.17) is 0 Å². The van der Waals surface area contributed by atoms with Crippen molar-refractivity contribution in [2.45, 2.75) is 65.3 Å². The molecule has 124 valence electrons. The molecule has 1 heterocycles. The smallest absolute Gasteiger partial charge is 0.190 e. The number of piperidine rings is 1. The van der Waals surface area contributed by atoms with E-state index in [0.717, 1.165) is 31.0 Å². The van der Waals surface area contributed by atoms with Crippen LogP contribution in [0.3, 0.4) is 0 Å². The molecule has 0 spiro atoms. The van der Waals surface area contributed by atoms with Crippen LogP contribution in [-0.2, 0) is 0 Å². The summed E-state index contributed by atoms with van der Waals surface area (Å²) in [5, 5.41) is 6.79. The highest BCUT2D eigenvalue weighted by molar-refractivity contribution is 5.79. The van der Waals surface area contributed by atoms with Gasteiger partial charge < -0.3 is 15.5 Å². The van der Waals surface area contributed by atoms with E-state index in [1.807, 2.05) is 7.05 Å². The van der Waals surface area contributed by atoms with Gasteiger partial charge in [0.2, 0.25) is 0 Å². The fourth-order valence-corrected chi connectivity index (χ4v) is 2.84. The highest BCUT2D eigenvalue weighted by Crippen LogP contribution is 2.16. The van der Waals surface area contributed by atoms with Crippen LogP contribution in [-0.4, -0.2) is 50.1 Å². The fraction of sp³-hybridized carbons (Fsp3) is 0.941. The lowest BCUT2D eigenvalue weighted by Crippen LogP contribution is -2.39. The number of nitrogens with one attached hydrogen (secondary N) is 2. The Hall–Kier alpha value is -0.770. The van der Waals surface area contributed by atoms with Crippen LogP contribution in [0, 0.1) is 5.92 Å². The number of nitrogens with zero attached hydrogens (tertiary/aromatic N) is 2. The van der Waals surface area contributed by atoms with Crippen LogP contribution in [0.1, 0.15) is 59.3 Å². The minimum absolute atomic E-state index is 0.738. The molecule has 2 N–H and O–H groups in total. The van der Waals surface area contributed by atoms with E-state index in [2.05, 4.69) is 41.3 Å². The van der Waals surface area contributed by atoms with E-state index in [-0.39, 0.29) is 0 Å². The summed E-state index contributed by atoms with van der Waals surface area (Å²) in [6, 6.07) is 0.789. The lowest BCUT2D eigenvalue weighted by atomic mass is 10.0. The van der Waals surface area contributed by atoms with Gasteiger partial charge in [0, 0.05) is 26.2 Å². The monoisotopic (exact) mass is 296 g/mol. The predicted molar refractivity (Wildman–Crippen MR) is 92.9 cm³/mol. The third-order valence-electron chi connectivity index (χ3n) is 4.34. The summed E-state index contributed by atoms with van der Waals surface area (Å²) in [6.07, 6.45) is 7.86. The maximum absolute atomic E-state index is 4.27. The SMILES string of the molecule is CN=C(NCCCCN1CCCCC1C)NCCC(C)C. The molecule has 0 radical (unpaired) electrons. The van der Waals surface area contributed by atoms with E-state index < -0.39 is 0 Å². The minimum Gasteiger partial charge on any atom is -0.356 e. The third-order valence-corrected chi connectivity index (χ3v) is 4.34. The topological polar surface area (TPSA) is 39.7 Å². The van der Waals surface area contributed by atoms with Crippen LogP contribution in [0.25, 0.3) is 0 Å². The number of hydrogen-bond donors (Lipinski definition) is 2. The molecular weight excluding hydrogens is 260 g/mol. The molecule has 1 fully saturated rings. The highest BCUT2D eigenvalue weighted by atomic mass is 15.2. The molecule has 1 aliphatic rings. The molecule has 0 aromatic heterocycles. The Morgan fingerprint density at radius 1 is 1.19 bits per heavy atom. The van der Waals surface area contributed by atoms with Gasteiger partial charge in [0.1, 0.15) is 0 Å². The zero-order valence-electron chi connectivity index (χ0n) is 14.6. The second kappa shape index (κ2) is 10.9. The second-order valence-electron chi connectivity index (χ2n) is 6.70. The van der Waals surface area contributed by atoms with Gasteiger partial charge in [0.25, 0.3) is 0 Å². The van der Waals surface area contributed by atoms with E-state index >= 15 is 0 Å². The van der Waals surface area contributed by atoms with Crippen LogP contribution in [0.4, 0.5) is 0 Å². The molecule has 0 aliphatic carbocycles. The first-order valence-electron chi connectivity index (χ1n) is 8.82. The van der Waals surface area contributed by atoms with Gasteiger partial charge in [-0.05, 0) is 58.0 Å². The molecule has 1 rings (SSSR count). The number of unbranched alkanes of at least 4 members (excludes halogenated alkanes) is 1. The number of likely N-dealkylation sites (tertiary alicyclic amines) is 1. The maximum Gasteiger partial charge on any atom is 0.190 e. The van der Waals surface area contributed by atoms with E-state index in [9.17, 15) is 0 Å². The van der Waals surface area contributed by atoms with Crippen LogP contribution >= 0.6 is 0 Å². The van der Waals surface area contributed by atoms with Gasteiger partial charge in [0.15, 0.2) is 5.96 Å². The molecule has 0 bridgehead atoms. The third kappa shape index (κ3) is 8.30. The van der Waals surface area contributed by atoms with Crippen LogP contribution < -0.4 is 10.6 Å². The van der Waals surface area contributed by atoms with Crippen molar-refractivity contribution in [3.05, 3.63) is 0 Å². The van der Waals surface area contributed by atoms with Crippen LogP contribution in [0.15, 0.2) is 4.99 Å². The lowest BCUT2D eigenvalue weighted by Gasteiger charge is -2.33. The van der Waals surface area contributed by atoms with Gasteiger partial charge in [0.05, 0.1) is 0 Å². The van der Waals surface area contributed by atoms with Crippen molar-refractivity contribution >= 4 is 5.96 Å². The summed E-state index contributed by atoms with van der Waals surface area (Å²) in [5.74, 6) is 1.68. The molecule has 0 aromatic rings. The highest BCUT2D eigenvalue weighted by Gasteiger charge is 2.16. The molecule has 21 heavy (non-hydrogen) atoms. The predicted octanol–water partition coefficient (Wildman–Crippen LogP) is 2.85. The number of rotatable bonds is 8. The van der Waals surface area contributed by atoms with Crippen molar-refractivity contribution in [1.29, 1.82) is 0 Å². The van der Waals surface area contributed by atoms with E-state index in [0.29, 0.717) is 0 Å².